The van der Waals surface area contributed by atoms with Gasteiger partial charge in [0.15, 0.2) is 0 Å². The van der Waals surface area contributed by atoms with Crippen molar-refractivity contribution < 1.29 is 34.8 Å². The monoisotopic (exact) mass is 372 g/mol. The average molecular weight is 372 g/mol. The van der Waals surface area contributed by atoms with Gasteiger partial charge in [-0.1, -0.05) is 18.2 Å². The molecule has 0 radical (unpaired) electrons. The van der Waals surface area contributed by atoms with Gasteiger partial charge >= 0.3 is 12.2 Å². The van der Waals surface area contributed by atoms with Gasteiger partial charge < -0.3 is 24.0 Å². The number of ether oxygens (including phenoxy) is 3. The molecule has 0 bridgehead atoms. The first kappa shape index (κ1) is 11.3. The fourth-order valence-corrected chi connectivity index (χ4v) is 1.86. The molecule has 0 saturated carbocycles. The summed E-state index contributed by atoms with van der Waals surface area (Å²) < 4.78 is 82.9. The zero-order valence-electron chi connectivity index (χ0n) is 23.1. The number of para-hydroxylation sites is 1. The van der Waals surface area contributed by atoms with Crippen molar-refractivity contribution in [2.75, 3.05) is 33.2 Å². The summed E-state index contributed by atoms with van der Waals surface area (Å²) in [6.07, 6.45) is -5.26. The van der Waals surface area contributed by atoms with Crippen LogP contribution in [0, 0.1) is 0 Å². The van der Waals surface area contributed by atoms with Gasteiger partial charge in [0.05, 0.1) is 29.3 Å². The van der Waals surface area contributed by atoms with E-state index in [2.05, 4.69) is 4.74 Å². The molecule has 2 rings (SSSR count). The number of carbonyl (C=O) groups excluding carboxylic acids is 2. The van der Waals surface area contributed by atoms with Crippen LogP contribution in [0.4, 0.5) is 9.59 Å². The van der Waals surface area contributed by atoms with E-state index in [1.165, 1.54) is 32.9 Å². The van der Waals surface area contributed by atoms with Crippen LogP contribution < -0.4 is 4.74 Å². The van der Waals surface area contributed by atoms with Crippen LogP contribution in [0.15, 0.2) is 30.3 Å². The molecule has 2 amide bonds. The van der Waals surface area contributed by atoms with Crippen molar-refractivity contribution in [3.63, 3.8) is 0 Å². The second-order valence-electron chi connectivity index (χ2n) is 6.17. The highest BCUT2D eigenvalue weighted by molar-refractivity contribution is 5.71. The SMILES string of the molecule is [2H]C(COc1ccccc1)C1([2H])N(C(=O)OC(C)(C)C)C([2H])([2H])C([2H])([2H])N(C(=O)OC)C1([2H])[2H]. The van der Waals surface area contributed by atoms with Gasteiger partial charge in [0.1, 0.15) is 11.4 Å². The van der Waals surface area contributed by atoms with Crippen LogP contribution in [0.2, 0.25) is 0 Å². The lowest BCUT2D eigenvalue weighted by atomic mass is 10.1. The topological polar surface area (TPSA) is 68.3 Å². The molecule has 2 unspecified atom stereocenters. The molecule has 0 spiro atoms. The summed E-state index contributed by atoms with van der Waals surface area (Å²) in [4.78, 5) is 25.2. The Bertz CT molecular complexity index is 912. The maximum Gasteiger partial charge on any atom is 0.410 e. The Labute approximate surface area is 166 Å². The van der Waals surface area contributed by atoms with Gasteiger partial charge in [-0.15, -0.1) is 0 Å². The number of rotatable bonds is 4. The van der Waals surface area contributed by atoms with E-state index in [0.29, 0.717) is 0 Å². The van der Waals surface area contributed by atoms with Crippen molar-refractivity contribution in [1.82, 2.24) is 9.80 Å². The summed E-state index contributed by atoms with van der Waals surface area (Å²) in [5.41, 5.74) is -1.23. The smallest absolute Gasteiger partial charge is 0.410 e. The van der Waals surface area contributed by atoms with Gasteiger partial charge in [-0.05, 0) is 32.9 Å². The molecule has 1 aromatic rings. The van der Waals surface area contributed by atoms with E-state index in [1.807, 2.05) is 0 Å². The van der Waals surface area contributed by atoms with Crippen LogP contribution in [0.25, 0.3) is 0 Å². The summed E-state index contributed by atoms with van der Waals surface area (Å²) >= 11 is 0. The summed E-state index contributed by atoms with van der Waals surface area (Å²) in [6, 6.07) is 4.78. The molecule has 0 aromatic heterocycles. The zero-order chi connectivity index (χ0) is 26.3. The maximum atomic E-state index is 13.1. The molecular formula is C19H28N2O5. The van der Waals surface area contributed by atoms with E-state index in [1.54, 1.807) is 18.2 Å². The van der Waals surface area contributed by atoms with Crippen molar-refractivity contribution in [2.24, 2.45) is 0 Å². The summed E-state index contributed by atoms with van der Waals surface area (Å²) in [5, 5.41) is 0. The number of hydrogen-bond donors (Lipinski definition) is 0. The Kier molecular flexibility index (Phi) is 3.82. The molecule has 7 nitrogen and oxygen atoms in total. The highest BCUT2D eigenvalue weighted by Gasteiger charge is 2.35. The fourth-order valence-electron chi connectivity index (χ4n) is 1.86. The minimum absolute atomic E-state index is 0.100. The fraction of sp³-hybridized carbons (Fsp3) is 0.579. The van der Waals surface area contributed by atoms with Crippen molar-refractivity contribution in [1.29, 1.82) is 0 Å². The van der Waals surface area contributed by atoms with Gasteiger partial charge in [0.2, 0.25) is 0 Å². The van der Waals surface area contributed by atoms with Crippen LogP contribution in [-0.4, -0.2) is 66.8 Å². The third kappa shape index (κ3) is 5.82. The van der Waals surface area contributed by atoms with Crippen molar-refractivity contribution in [2.45, 2.75) is 38.8 Å². The van der Waals surface area contributed by atoms with Crippen LogP contribution in [0.1, 0.15) is 38.1 Å². The Balaban J connectivity index is 2.69. The first-order chi connectivity index (χ1) is 15.4. The van der Waals surface area contributed by atoms with E-state index in [4.69, 9.17) is 20.4 Å². The molecule has 0 N–H and O–H groups in total. The standard InChI is InChI=1S/C19H28N2O5/c1-19(2,3)26-18(23)21-12-11-20(17(22)24-4)14-15(21)10-13-25-16-8-6-5-7-9-16/h5-9,15H,10-14H2,1-4H3/i10D,11D2,12D2,14D2,15D. The maximum absolute atomic E-state index is 13.1. The Hall–Kier alpha value is -2.44. The largest absolute Gasteiger partial charge is 0.494 e. The van der Waals surface area contributed by atoms with E-state index in [9.17, 15) is 9.59 Å². The molecule has 1 heterocycles. The first-order valence-corrected chi connectivity index (χ1v) is 7.87. The molecule has 7 heteroatoms. The van der Waals surface area contributed by atoms with E-state index < -0.39 is 56.3 Å². The van der Waals surface area contributed by atoms with E-state index in [0.717, 1.165) is 7.11 Å². The summed E-state index contributed by atoms with van der Waals surface area (Å²) in [5.74, 6) is 0.256. The first-order valence-electron chi connectivity index (χ1n) is 11.9. The number of methoxy groups -OCH3 is 1. The van der Waals surface area contributed by atoms with Crippen molar-refractivity contribution >= 4 is 12.2 Å². The van der Waals surface area contributed by atoms with Gasteiger partial charge in [0.25, 0.3) is 0 Å². The second kappa shape index (κ2) is 8.78. The van der Waals surface area contributed by atoms with Gasteiger partial charge in [-0.3, -0.25) is 0 Å². The van der Waals surface area contributed by atoms with E-state index >= 15 is 0 Å². The van der Waals surface area contributed by atoms with Crippen LogP contribution in [0.3, 0.4) is 0 Å². The van der Waals surface area contributed by atoms with Crippen LogP contribution in [0.5, 0.6) is 5.75 Å². The van der Waals surface area contributed by atoms with Gasteiger partial charge in [-0.2, -0.15) is 0 Å². The third-order valence-electron chi connectivity index (χ3n) is 2.94. The van der Waals surface area contributed by atoms with Crippen LogP contribution in [-0.2, 0) is 9.47 Å². The highest BCUT2D eigenvalue weighted by atomic mass is 16.6. The summed E-state index contributed by atoms with van der Waals surface area (Å²) in [7, 11) is 0.826. The Morgan fingerprint density at radius 3 is 2.58 bits per heavy atom. The normalized spacial score (nSPS) is 32.0. The number of benzene rings is 1. The van der Waals surface area contributed by atoms with Gasteiger partial charge in [-0.25, -0.2) is 9.59 Å². The van der Waals surface area contributed by atoms with Crippen LogP contribution >= 0.6 is 0 Å². The molecule has 1 aliphatic rings. The average Bonchev–Trinajstić information content (AvgIpc) is 2.69. The lowest BCUT2D eigenvalue weighted by Crippen LogP contribution is -2.57. The predicted octanol–water partition coefficient (Wildman–Crippen LogP) is 3.14. The number of carbonyl (C=O) groups is 2. The number of piperazine rings is 1. The molecular weight excluding hydrogens is 336 g/mol. The molecule has 144 valence electrons. The minimum Gasteiger partial charge on any atom is -0.494 e. The molecule has 26 heavy (non-hydrogen) atoms. The molecule has 1 aromatic carbocycles. The molecule has 2 atom stereocenters. The van der Waals surface area contributed by atoms with Crippen molar-refractivity contribution in [3.05, 3.63) is 30.3 Å². The molecule has 0 aliphatic carbocycles. The quantitative estimate of drug-likeness (QED) is 0.812. The highest BCUT2D eigenvalue weighted by Crippen LogP contribution is 2.19. The Morgan fingerprint density at radius 1 is 1.27 bits per heavy atom. The molecule has 1 saturated heterocycles. The minimum atomic E-state index is -3.52. The van der Waals surface area contributed by atoms with E-state index in [-0.39, 0.29) is 15.5 Å². The predicted molar refractivity (Wildman–Crippen MR) is 97.3 cm³/mol. The van der Waals surface area contributed by atoms with Crippen molar-refractivity contribution in [3.8, 4) is 5.75 Å². The number of amides is 2. The lowest BCUT2D eigenvalue weighted by molar-refractivity contribution is -0.00421. The zero-order valence-corrected chi connectivity index (χ0v) is 15.1. The summed E-state index contributed by atoms with van der Waals surface area (Å²) in [6.45, 7) is -6.91. The second-order valence-corrected chi connectivity index (χ2v) is 6.17. The Morgan fingerprint density at radius 2 is 1.96 bits per heavy atom. The number of nitrogens with zero attached hydrogens (tertiary/aromatic N) is 2. The lowest BCUT2D eigenvalue weighted by Gasteiger charge is -2.41. The molecule has 1 fully saturated rings. The molecule has 1 aliphatic heterocycles. The van der Waals surface area contributed by atoms with Gasteiger partial charge in [0, 0.05) is 27.3 Å². The number of hydrogen-bond acceptors (Lipinski definition) is 5. The third-order valence-corrected chi connectivity index (χ3v) is 2.94.